The lowest BCUT2D eigenvalue weighted by molar-refractivity contribution is 0.302. The Labute approximate surface area is 100 Å². The van der Waals surface area contributed by atoms with Gasteiger partial charge < -0.3 is 5.32 Å². The maximum Gasteiger partial charge on any atom is 0.0672 e. The Kier molecular flexibility index (Phi) is 5.84. The minimum atomic E-state index is 0.231. The molecule has 1 aliphatic carbocycles. The summed E-state index contributed by atoms with van der Waals surface area (Å²) in [7, 11) is 0. The molecule has 0 saturated heterocycles. The van der Waals surface area contributed by atoms with Crippen LogP contribution in [0.3, 0.4) is 0 Å². The lowest BCUT2D eigenvalue weighted by atomic mass is 9.93. The lowest BCUT2D eigenvalue weighted by Crippen LogP contribution is -2.43. The maximum atomic E-state index is 9.21. The van der Waals surface area contributed by atoms with E-state index in [1.807, 2.05) is 0 Å². The smallest absolute Gasteiger partial charge is 0.0672 e. The number of hydrogen-bond acceptors (Lipinski definition) is 2. The van der Waals surface area contributed by atoms with Gasteiger partial charge in [-0.1, -0.05) is 39.5 Å². The van der Waals surface area contributed by atoms with E-state index in [0.29, 0.717) is 18.0 Å². The predicted octanol–water partition coefficient (Wildman–Crippen LogP) is 3.48. The first-order chi connectivity index (χ1) is 7.69. The molecule has 1 rings (SSSR count). The van der Waals surface area contributed by atoms with E-state index >= 15 is 0 Å². The molecule has 0 aromatic rings. The summed E-state index contributed by atoms with van der Waals surface area (Å²) in [5, 5.41) is 12.9. The Bertz CT molecular complexity index is 231. The zero-order valence-electron chi connectivity index (χ0n) is 11.0. The van der Waals surface area contributed by atoms with Gasteiger partial charge in [0.2, 0.25) is 0 Å². The number of nitrogens with one attached hydrogen (secondary N) is 1. The van der Waals surface area contributed by atoms with E-state index in [-0.39, 0.29) is 5.92 Å². The van der Waals surface area contributed by atoms with Gasteiger partial charge in [-0.05, 0) is 25.7 Å². The second-order valence-electron chi connectivity index (χ2n) is 5.32. The van der Waals surface area contributed by atoms with Gasteiger partial charge in [0.05, 0.1) is 12.0 Å². The van der Waals surface area contributed by atoms with E-state index < -0.39 is 0 Å². The quantitative estimate of drug-likeness (QED) is 0.739. The summed E-state index contributed by atoms with van der Waals surface area (Å²) in [5.74, 6) is 0.927. The second kappa shape index (κ2) is 6.91. The van der Waals surface area contributed by atoms with E-state index in [2.05, 4.69) is 32.2 Å². The molecule has 1 aliphatic rings. The normalized spacial score (nSPS) is 30.1. The molecule has 1 saturated carbocycles. The molecular weight excluding hydrogens is 196 g/mol. The van der Waals surface area contributed by atoms with Gasteiger partial charge >= 0.3 is 0 Å². The number of rotatable bonds is 4. The number of hydrogen-bond donors (Lipinski definition) is 1. The second-order valence-corrected chi connectivity index (χ2v) is 5.32. The molecule has 4 unspecified atom stereocenters. The van der Waals surface area contributed by atoms with E-state index in [0.717, 1.165) is 6.42 Å². The maximum absolute atomic E-state index is 9.21. The minimum Gasteiger partial charge on any atom is -0.310 e. The SMILES string of the molecule is CCC(C)C(C)NC1CCCCCC1C#N. The van der Waals surface area contributed by atoms with Crippen LogP contribution in [0.1, 0.15) is 59.3 Å². The molecule has 0 spiro atoms. The summed E-state index contributed by atoms with van der Waals surface area (Å²) in [6, 6.07) is 3.45. The summed E-state index contributed by atoms with van der Waals surface area (Å²) in [6.07, 6.45) is 7.28. The fourth-order valence-corrected chi connectivity index (χ4v) is 2.52. The molecule has 92 valence electrons. The highest BCUT2D eigenvalue weighted by Gasteiger charge is 2.25. The molecule has 1 N–H and O–H groups in total. The van der Waals surface area contributed by atoms with Crippen LogP contribution in [0.4, 0.5) is 0 Å². The van der Waals surface area contributed by atoms with Crippen LogP contribution in [0.2, 0.25) is 0 Å². The number of nitriles is 1. The van der Waals surface area contributed by atoms with E-state index in [1.165, 1.54) is 32.1 Å². The molecule has 0 heterocycles. The topological polar surface area (TPSA) is 35.8 Å². The number of nitrogens with zero attached hydrogens (tertiary/aromatic N) is 1. The monoisotopic (exact) mass is 222 g/mol. The summed E-state index contributed by atoms with van der Waals surface area (Å²) >= 11 is 0. The Morgan fingerprint density at radius 2 is 1.94 bits per heavy atom. The van der Waals surface area contributed by atoms with Crippen molar-refractivity contribution in [1.82, 2.24) is 5.32 Å². The fourth-order valence-electron chi connectivity index (χ4n) is 2.52. The summed E-state index contributed by atoms with van der Waals surface area (Å²) in [4.78, 5) is 0. The first-order valence-corrected chi connectivity index (χ1v) is 6.84. The van der Waals surface area contributed by atoms with Gasteiger partial charge in [-0.3, -0.25) is 0 Å². The van der Waals surface area contributed by atoms with Gasteiger partial charge in [-0.15, -0.1) is 0 Å². The van der Waals surface area contributed by atoms with Gasteiger partial charge in [-0.25, -0.2) is 0 Å². The van der Waals surface area contributed by atoms with Crippen LogP contribution in [0, 0.1) is 23.2 Å². The van der Waals surface area contributed by atoms with Crippen molar-refractivity contribution in [2.75, 3.05) is 0 Å². The summed E-state index contributed by atoms with van der Waals surface area (Å²) < 4.78 is 0. The van der Waals surface area contributed by atoms with Crippen LogP contribution < -0.4 is 5.32 Å². The summed E-state index contributed by atoms with van der Waals surface area (Å²) in [5.41, 5.74) is 0. The molecule has 0 amide bonds. The molecule has 4 atom stereocenters. The molecule has 0 aromatic carbocycles. The Morgan fingerprint density at radius 1 is 1.25 bits per heavy atom. The zero-order valence-corrected chi connectivity index (χ0v) is 11.0. The van der Waals surface area contributed by atoms with Crippen molar-refractivity contribution in [1.29, 1.82) is 5.26 Å². The fraction of sp³-hybridized carbons (Fsp3) is 0.929. The highest BCUT2D eigenvalue weighted by molar-refractivity contribution is 4.94. The average Bonchev–Trinajstić information content (AvgIpc) is 2.52. The van der Waals surface area contributed by atoms with Crippen molar-refractivity contribution in [2.24, 2.45) is 11.8 Å². The van der Waals surface area contributed by atoms with Crippen LogP contribution in [-0.4, -0.2) is 12.1 Å². The van der Waals surface area contributed by atoms with Crippen molar-refractivity contribution < 1.29 is 0 Å². The molecule has 0 aromatic heterocycles. The van der Waals surface area contributed by atoms with E-state index in [4.69, 9.17) is 0 Å². The minimum absolute atomic E-state index is 0.231. The molecule has 1 fully saturated rings. The lowest BCUT2D eigenvalue weighted by Gasteiger charge is -2.28. The van der Waals surface area contributed by atoms with E-state index in [9.17, 15) is 5.26 Å². The van der Waals surface area contributed by atoms with Crippen LogP contribution in [0.25, 0.3) is 0 Å². The standard InChI is InChI=1S/C14H26N2/c1-4-11(2)12(3)16-14-9-7-5-6-8-13(14)10-15/h11-14,16H,4-9H2,1-3H3. The Hall–Kier alpha value is -0.550. The third-order valence-corrected chi connectivity index (χ3v) is 4.16. The molecular formula is C14H26N2. The van der Waals surface area contributed by atoms with Crippen molar-refractivity contribution >= 4 is 0 Å². The van der Waals surface area contributed by atoms with Crippen molar-refractivity contribution in [3.05, 3.63) is 0 Å². The van der Waals surface area contributed by atoms with Crippen LogP contribution in [0.15, 0.2) is 0 Å². The van der Waals surface area contributed by atoms with Gasteiger partial charge in [0, 0.05) is 12.1 Å². The first-order valence-electron chi connectivity index (χ1n) is 6.84. The van der Waals surface area contributed by atoms with Crippen molar-refractivity contribution in [3.63, 3.8) is 0 Å². The molecule has 2 nitrogen and oxygen atoms in total. The zero-order chi connectivity index (χ0) is 12.0. The molecule has 0 bridgehead atoms. The predicted molar refractivity (Wildman–Crippen MR) is 68.0 cm³/mol. The van der Waals surface area contributed by atoms with Crippen LogP contribution in [-0.2, 0) is 0 Å². The highest BCUT2D eigenvalue weighted by atomic mass is 15.0. The molecule has 0 radical (unpaired) electrons. The van der Waals surface area contributed by atoms with Crippen molar-refractivity contribution in [2.45, 2.75) is 71.4 Å². The third-order valence-electron chi connectivity index (χ3n) is 4.16. The van der Waals surface area contributed by atoms with Crippen molar-refractivity contribution in [3.8, 4) is 6.07 Å². The first kappa shape index (κ1) is 13.5. The van der Waals surface area contributed by atoms with E-state index in [1.54, 1.807) is 0 Å². The Balaban J connectivity index is 2.52. The van der Waals surface area contributed by atoms with Gasteiger partial charge in [0.15, 0.2) is 0 Å². The summed E-state index contributed by atoms with van der Waals surface area (Å²) in [6.45, 7) is 6.78. The molecule has 0 aliphatic heterocycles. The highest BCUT2D eigenvalue weighted by Crippen LogP contribution is 2.24. The van der Waals surface area contributed by atoms with Crippen LogP contribution in [0.5, 0.6) is 0 Å². The van der Waals surface area contributed by atoms with Gasteiger partial charge in [0.1, 0.15) is 0 Å². The third kappa shape index (κ3) is 3.79. The molecule has 16 heavy (non-hydrogen) atoms. The largest absolute Gasteiger partial charge is 0.310 e. The van der Waals surface area contributed by atoms with Gasteiger partial charge in [0.25, 0.3) is 0 Å². The Morgan fingerprint density at radius 3 is 2.56 bits per heavy atom. The average molecular weight is 222 g/mol. The molecule has 2 heteroatoms. The van der Waals surface area contributed by atoms with Gasteiger partial charge in [-0.2, -0.15) is 5.26 Å². The van der Waals surface area contributed by atoms with Crippen LogP contribution >= 0.6 is 0 Å².